The highest BCUT2D eigenvalue weighted by atomic mass is 127. The summed E-state index contributed by atoms with van der Waals surface area (Å²) in [6.45, 7) is 4.33. The molecule has 0 radical (unpaired) electrons. The van der Waals surface area contributed by atoms with Gasteiger partial charge in [0, 0.05) is 59.6 Å². The number of guanidine groups is 1. The molecule has 0 bridgehead atoms. The molecule has 1 aromatic carbocycles. The van der Waals surface area contributed by atoms with Crippen LogP contribution in [0.1, 0.15) is 17.5 Å². The fourth-order valence-corrected chi connectivity index (χ4v) is 2.37. The first-order valence-corrected chi connectivity index (χ1v) is 8.49. The predicted molar refractivity (Wildman–Crippen MR) is 115 cm³/mol. The summed E-state index contributed by atoms with van der Waals surface area (Å²) in [7, 11) is 7.10. The van der Waals surface area contributed by atoms with E-state index in [2.05, 4.69) is 27.6 Å². The number of rotatable bonds is 11. The van der Waals surface area contributed by atoms with Gasteiger partial charge < -0.3 is 25.0 Å². The molecule has 0 saturated carbocycles. The van der Waals surface area contributed by atoms with Crippen LogP contribution in [0.3, 0.4) is 0 Å². The van der Waals surface area contributed by atoms with Crippen molar-refractivity contribution >= 4 is 29.9 Å². The molecule has 0 atom stereocenters. The average Bonchev–Trinajstić information content (AvgIpc) is 2.61. The zero-order valence-electron chi connectivity index (χ0n) is 16.2. The van der Waals surface area contributed by atoms with Gasteiger partial charge in [-0.3, -0.25) is 4.99 Å². The van der Waals surface area contributed by atoms with Gasteiger partial charge in [-0.1, -0.05) is 6.07 Å². The minimum Gasteiger partial charge on any atom is -0.385 e. The Morgan fingerprint density at radius 2 is 1.96 bits per heavy atom. The summed E-state index contributed by atoms with van der Waals surface area (Å²) >= 11 is 0. The zero-order chi connectivity index (χ0) is 18.5. The predicted octanol–water partition coefficient (Wildman–Crippen LogP) is 2.22. The van der Waals surface area contributed by atoms with E-state index in [1.165, 1.54) is 6.07 Å². The Morgan fingerprint density at radius 1 is 1.19 bits per heavy atom. The van der Waals surface area contributed by atoms with E-state index in [0.717, 1.165) is 44.2 Å². The molecule has 0 fully saturated rings. The number of ether oxygens (including phenoxy) is 2. The lowest BCUT2D eigenvalue weighted by Gasteiger charge is -2.18. The molecule has 0 aliphatic rings. The topological polar surface area (TPSA) is 58.1 Å². The number of benzene rings is 1. The van der Waals surface area contributed by atoms with Gasteiger partial charge in [0.2, 0.25) is 0 Å². The van der Waals surface area contributed by atoms with E-state index in [9.17, 15) is 4.39 Å². The van der Waals surface area contributed by atoms with Crippen LogP contribution in [0.25, 0.3) is 0 Å². The van der Waals surface area contributed by atoms with Crippen LogP contribution in [0.5, 0.6) is 0 Å². The molecule has 26 heavy (non-hydrogen) atoms. The largest absolute Gasteiger partial charge is 0.385 e. The lowest BCUT2D eigenvalue weighted by molar-refractivity contribution is 0.180. The maximum Gasteiger partial charge on any atom is 0.191 e. The molecule has 0 aromatic heterocycles. The summed E-state index contributed by atoms with van der Waals surface area (Å²) in [6.07, 6.45) is 1.02. The Hall–Kier alpha value is -0.970. The third-order valence-electron chi connectivity index (χ3n) is 3.77. The molecule has 0 amide bonds. The van der Waals surface area contributed by atoms with Gasteiger partial charge in [-0.2, -0.15) is 0 Å². The number of methoxy groups -OCH3 is 2. The minimum atomic E-state index is -0.246. The first-order chi connectivity index (χ1) is 12.1. The highest BCUT2D eigenvalue weighted by Gasteiger charge is 2.05. The van der Waals surface area contributed by atoms with Crippen molar-refractivity contribution in [2.75, 3.05) is 54.6 Å². The van der Waals surface area contributed by atoms with Gasteiger partial charge in [0.1, 0.15) is 5.82 Å². The summed E-state index contributed by atoms with van der Waals surface area (Å²) in [4.78, 5) is 6.46. The Bertz CT molecular complexity index is 532. The Kier molecular flexibility index (Phi) is 14.6. The smallest absolute Gasteiger partial charge is 0.191 e. The van der Waals surface area contributed by atoms with Crippen LogP contribution in [-0.2, 0) is 22.6 Å². The van der Waals surface area contributed by atoms with E-state index in [4.69, 9.17) is 9.47 Å². The summed E-state index contributed by atoms with van der Waals surface area (Å²) < 4.78 is 23.7. The van der Waals surface area contributed by atoms with Crippen LogP contribution in [0, 0.1) is 5.82 Å². The maximum absolute atomic E-state index is 13.6. The summed E-state index contributed by atoms with van der Waals surface area (Å²) in [5, 5.41) is 6.52. The van der Waals surface area contributed by atoms with Crippen molar-refractivity contribution < 1.29 is 13.9 Å². The van der Waals surface area contributed by atoms with Crippen molar-refractivity contribution in [2.45, 2.75) is 19.6 Å². The number of aliphatic imine (C=N–C) groups is 1. The molecule has 2 N–H and O–H groups in total. The van der Waals surface area contributed by atoms with Crippen LogP contribution < -0.4 is 10.6 Å². The van der Waals surface area contributed by atoms with E-state index < -0.39 is 0 Å². The van der Waals surface area contributed by atoms with Crippen LogP contribution in [0.4, 0.5) is 4.39 Å². The number of hydrogen-bond donors (Lipinski definition) is 2. The molecule has 6 nitrogen and oxygen atoms in total. The fourth-order valence-electron chi connectivity index (χ4n) is 2.37. The van der Waals surface area contributed by atoms with E-state index in [0.29, 0.717) is 12.1 Å². The molecule has 150 valence electrons. The second-order valence-electron chi connectivity index (χ2n) is 5.86. The Balaban J connectivity index is 0.00000625. The second kappa shape index (κ2) is 15.1. The number of likely N-dealkylation sites (N-methyl/N-ethyl adjacent to an activating group) is 1. The van der Waals surface area contributed by atoms with Crippen molar-refractivity contribution in [3.8, 4) is 0 Å². The molecule has 1 rings (SSSR count). The summed E-state index contributed by atoms with van der Waals surface area (Å²) in [6, 6.07) is 5.04. The monoisotopic (exact) mass is 482 g/mol. The Morgan fingerprint density at radius 3 is 2.62 bits per heavy atom. The molecule has 0 heterocycles. The SMILES string of the molecule is CN=C(NCCN(C)CCCOC)NCc1ccc(F)c(COC)c1.I. The normalized spacial score (nSPS) is 11.4. The molecule has 0 unspecified atom stereocenters. The maximum atomic E-state index is 13.6. The van der Waals surface area contributed by atoms with E-state index >= 15 is 0 Å². The molecule has 8 heteroatoms. The molecule has 0 saturated heterocycles. The first-order valence-electron chi connectivity index (χ1n) is 8.49. The molecular formula is C18H32FIN4O2. The zero-order valence-corrected chi connectivity index (χ0v) is 18.5. The quantitative estimate of drug-likeness (QED) is 0.219. The van der Waals surface area contributed by atoms with Crippen molar-refractivity contribution in [2.24, 2.45) is 4.99 Å². The highest BCUT2D eigenvalue weighted by Crippen LogP contribution is 2.11. The second-order valence-corrected chi connectivity index (χ2v) is 5.86. The average molecular weight is 482 g/mol. The third-order valence-corrected chi connectivity index (χ3v) is 3.77. The number of nitrogens with one attached hydrogen (secondary N) is 2. The molecule has 1 aromatic rings. The van der Waals surface area contributed by atoms with Gasteiger partial charge in [-0.15, -0.1) is 24.0 Å². The number of halogens is 2. The van der Waals surface area contributed by atoms with Crippen LogP contribution >= 0.6 is 24.0 Å². The van der Waals surface area contributed by atoms with Crippen molar-refractivity contribution in [1.82, 2.24) is 15.5 Å². The summed E-state index contributed by atoms with van der Waals surface area (Å²) in [5.74, 6) is 0.479. The van der Waals surface area contributed by atoms with E-state index in [1.807, 2.05) is 6.07 Å². The van der Waals surface area contributed by atoms with E-state index in [1.54, 1.807) is 27.3 Å². The first kappa shape index (κ1) is 25.0. The van der Waals surface area contributed by atoms with Gasteiger partial charge in [0.25, 0.3) is 0 Å². The van der Waals surface area contributed by atoms with Crippen molar-refractivity contribution in [1.29, 1.82) is 0 Å². The minimum absolute atomic E-state index is 0. The molecular weight excluding hydrogens is 450 g/mol. The van der Waals surface area contributed by atoms with Gasteiger partial charge >= 0.3 is 0 Å². The van der Waals surface area contributed by atoms with Crippen LogP contribution in [0.2, 0.25) is 0 Å². The van der Waals surface area contributed by atoms with Gasteiger partial charge in [0.05, 0.1) is 6.61 Å². The molecule has 0 aliphatic carbocycles. The van der Waals surface area contributed by atoms with Gasteiger partial charge in [-0.05, 0) is 31.2 Å². The van der Waals surface area contributed by atoms with Crippen molar-refractivity contribution in [3.63, 3.8) is 0 Å². The highest BCUT2D eigenvalue weighted by molar-refractivity contribution is 14.0. The third kappa shape index (κ3) is 10.2. The lowest BCUT2D eigenvalue weighted by Crippen LogP contribution is -2.40. The number of nitrogens with zero attached hydrogens (tertiary/aromatic N) is 2. The lowest BCUT2D eigenvalue weighted by atomic mass is 10.1. The van der Waals surface area contributed by atoms with E-state index in [-0.39, 0.29) is 36.4 Å². The van der Waals surface area contributed by atoms with Crippen LogP contribution in [0.15, 0.2) is 23.2 Å². The van der Waals surface area contributed by atoms with Crippen LogP contribution in [-0.4, -0.2) is 65.4 Å². The molecule has 0 spiro atoms. The summed E-state index contributed by atoms with van der Waals surface area (Å²) in [5.41, 5.74) is 1.54. The Labute approximate surface area is 173 Å². The standard InChI is InChI=1S/C18H31FN4O2.HI/c1-20-18(21-8-10-23(2)9-5-11-24-3)22-13-15-6-7-17(19)16(12-15)14-25-4;/h6-7,12H,5,8-11,13-14H2,1-4H3,(H2,20,21,22);1H. The van der Waals surface area contributed by atoms with Crippen molar-refractivity contribution in [3.05, 3.63) is 35.1 Å². The van der Waals surface area contributed by atoms with Gasteiger partial charge in [0.15, 0.2) is 5.96 Å². The fraction of sp³-hybridized carbons (Fsp3) is 0.611. The molecule has 0 aliphatic heterocycles. The number of hydrogen-bond acceptors (Lipinski definition) is 4. The van der Waals surface area contributed by atoms with Gasteiger partial charge in [-0.25, -0.2) is 4.39 Å².